The predicted octanol–water partition coefficient (Wildman–Crippen LogP) is 2.69. The van der Waals surface area contributed by atoms with Crippen molar-refractivity contribution in [3.63, 3.8) is 0 Å². The van der Waals surface area contributed by atoms with Crippen molar-refractivity contribution in [3.05, 3.63) is 0 Å². The number of nitrogens with two attached hydrogens (primary N) is 1. The highest BCUT2D eigenvalue weighted by molar-refractivity contribution is 5.83. The Morgan fingerprint density at radius 1 is 1.22 bits per heavy atom. The van der Waals surface area contributed by atoms with Crippen LogP contribution in [0, 0.1) is 17.3 Å². The van der Waals surface area contributed by atoms with Crippen molar-refractivity contribution in [2.24, 2.45) is 23.0 Å². The highest BCUT2D eigenvalue weighted by atomic mass is 16.2. The van der Waals surface area contributed by atoms with Gasteiger partial charge in [-0.1, -0.05) is 27.7 Å². The second kappa shape index (κ2) is 6.55. The van der Waals surface area contributed by atoms with Crippen molar-refractivity contribution in [2.45, 2.75) is 65.8 Å². The lowest BCUT2D eigenvalue weighted by Gasteiger charge is -2.36. The first-order chi connectivity index (χ1) is 8.49. The molecule has 1 saturated carbocycles. The molecule has 0 radical (unpaired) electrons. The zero-order valence-corrected chi connectivity index (χ0v) is 12.5. The number of hydrogen-bond donors (Lipinski definition) is 2. The zero-order valence-electron chi connectivity index (χ0n) is 12.5. The second-order valence-corrected chi connectivity index (χ2v) is 6.13. The van der Waals surface area contributed by atoms with Gasteiger partial charge >= 0.3 is 0 Å². The summed E-state index contributed by atoms with van der Waals surface area (Å²) in [6.45, 7) is 9.16. The molecule has 0 heterocycles. The van der Waals surface area contributed by atoms with E-state index in [0.29, 0.717) is 18.5 Å². The molecule has 1 aliphatic carbocycles. The van der Waals surface area contributed by atoms with Crippen LogP contribution >= 0.6 is 0 Å². The number of carbonyl (C=O) groups is 1. The van der Waals surface area contributed by atoms with Gasteiger partial charge in [0.15, 0.2) is 0 Å². The Kier molecular flexibility index (Phi) is 5.64. The van der Waals surface area contributed by atoms with Gasteiger partial charge in [-0.2, -0.15) is 0 Å². The molecule has 0 aromatic carbocycles. The lowest BCUT2D eigenvalue weighted by atomic mass is 9.77. The minimum absolute atomic E-state index is 0.168. The van der Waals surface area contributed by atoms with E-state index in [1.807, 2.05) is 0 Å². The van der Waals surface area contributed by atoms with E-state index in [2.05, 4.69) is 33.0 Å². The maximum absolute atomic E-state index is 12.4. The summed E-state index contributed by atoms with van der Waals surface area (Å²) >= 11 is 0. The van der Waals surface area contributed by atoms with E-state index in [1.165, 1.54) is 6.42 Å². The minimum atomic E-state index is -0.355. The summed E-state index contributed by atoms with van der Waals surface area (Å²) in [6, 6.07) is 0.354. The van der Waals surface area contributed by atoms with Crippen molar-refractivity contribution in [1.29, 1.82) is 0 Å². The molecule has 1 aliphatic rings. The van der Waals surface area contributed by atoms with Gasteiger partial charge in [0.25, 0.3) is 0 Å². The molecule has 0 saturated heterocycles. The highest BCUT2D eigenvalue weighted by Crippen LogP contribution is 2.31. The van der Waals surface area contributed by atoms with Gasteiger partial charge < -0.3 is 11.1 Å². The smallest absolute Gasteiger partial charge is 0.227 e. The Bertz CT molecular complexity index is 265. The van der Waals surface area contributed by atoms with Crippen molar-refractivity contribution in [3.8, 4) is 0 Å². The summed E-state index contributed by atoms with van der Waals surface area (Å²) in [5.74, 6) is 1.66. The number of carbonyl (C=O) groups excluding carboxylic acids is 1. The second-order valence-electron chi connectivity index (χ2n) is 6.13. The fourth-order valence-corrected chi connectivity index (χ4v) is 2.97. The fourth-order valence-electron chi connectivity index (χ4n) is 2.97. The molecule has 1 rings (SSSR count). The highest BCUT2D eigenvalue weighted by Gasteiger charge is 2.35. The molecule has 3 nitrogen and oxygen atoms in total. The molecule has 3 atom stereocenters. The maximum Gasteiger partial charge on any atom is 0.227 e. The Morgan fingerprint density at radius 3 is 2.28 bits per heavy atom. The van der Waals surface area contributed by atoms with Crippen LogP contribution in [-0.2, 0) is 4.79 Å². The van der Waals surface area contributed by atoms with Crippen molar-refractivity contribution < 1.29 is 4.79 Å². The van der Waals surface area contributed by atoms with Crippen LogP contribution in [0.1, 0.15) is 59.8 Å². The normalized spacial score (nSPS) is 29.1. The van der Waals surface area contributed by atoms with E-state index in [4.69, 9.17) is 5.73 Å². The number of rotatable bonds is 5. The Labute approximate surface area is 112 Å². The number of nitrogens with one attached hydrogen (secondary N) is 1. The summed E-state index contributed by atoms with van der Waals surface area (Å²) < 4.78 is 0. The van der Waals surface area contributed by atoms with E-state index < -0.39 is 0 Å². The van der Waals surface area contributed by atoms with Crippen LogP contribution in [0.5, 0.6) is 0 Å². The molecule has 0 bridgehead atoms. The third-order valence-corrected chi connectivity index (χ3v) is 5.16. The molecule has 0 spiro atoms. The molecule has 106 valence electrons. The molecule has 18 heavy (non-hydrogen) atoms. The maximum atomic E-state index is 12.4. The van der Waals surface area contributed by atoms with E-state index in [9.17, 15) is 4.79 Å². The Morgan fingerprint density at radius 2 is 1.83 bits per heavy atom. The standard InChI is InChI=1S/C15H30N2O/c1-5-15(6-2,10-16)14(18)17-13-8-7-11(3)12(4)9-13/h11-13H,5-10,16H2,1-4H3,(H,17,18). The fraction of sp³-hybridized carbons (Fsp3) is 0.933. The topological polar surface area (TPSA) is 55.1 Å². The van der Waals surface area contributed by atoms with Gasteiger partial charge in [0.05, 0.1) is 5.41 Å². The third-order valence-electron chi connectivity index (χ3n) is 5.16. The van der Waals surface area contributed by atoms with Gasteiger partial charge in [0.2, 0.25) is 5.91 Å². The molecular formula is C15H30N2O. The third kappa shape index (κ3) is 3.25. The average molecular weight is 254 g/mol. The molecule has 3 heteroatoms. The van der Waals surface area contributed by atoms with Crippen molar-refractivity contribution in [2.75, 3.05) is 6.54 Å². The molecule has 3 N–H and O–H groups in total. The SMILES string of the molecule is CCC(CC)(CN)C(=O)NC1CCC(C)C(C)C1. The predicted molar refractivity (Wildman–Crippen MR) is 76.2 cm³/mol. The van der Waals surface area contributed by atoms with E-state index in [1.54, 1.807) is 0 Å². The van der Waals surface area contributed by atoms with Crippen LogP contribution in [0.25, 0.3) is 0 Å². The van der Waals surface area contributed by atoms with Crippen molar-refractivity contribution >= 4 is 5.91 Å². The molecular weight excluding hydrogens is 224 g/mol. The molecule has 1 amide bonds. The average Bonchev–Trinajstić information content (AvgIpc) is 2.37. The van der Waals surface area contributed by atoms with Gasteiger partial charge in [0, 0.05) is 12.6 Å². The van der Waals surface area contributed by atoms with Gasteiger partial charge in [0.1, 0.15) is 0 Å². The Balaban J connectivity index is 2.59. The first kappa shape index (κ1) is 15.5. The van der Waals surface area contributed by atoms with Crippen LogP contribution in [0.3, 0.4) is 0 Å². The van der Waals surface area contributed by atoms with Gasteiger partial charge in [-0.05, 0) is 43.9 Å². The molecule has 0 aliphatic heterocycles. The zero-order chi connectivity index (χ0) is 13.8. The quantitative estimate of drug-likeness (QED) is 0.792. The van der Waals surface area contributed by atoms with Gasteiger partial charge in [-0.25, -0.2) is 0 Å². The molecule has 3 unspecified atom stereocenters. The molecule has 0 aromatic heterocycles. The van der Waals surface area contributed by atoms with E-state index >= 15 is 0 Å². The lowest BCUT2D eigenvalue weighted by Crippen LogP contribution is -2.50. The Hall–Kier alpha value is -0.570. The van der Waals surface area contributed by atoms with Crippen molar-refractivity contribution in [1.82, 2.24) is 5.32 Å². The first-order valence-electron chi connectivity index (χ1n) is 7.50. The van der Waals surface area contributed by atoms with E-state index in [-0.39, 0.29) is 11.3 Å². The molecule has 0 aromatic rings. The van der Waals surface area contributed by atoms with Crippen LogP contribution in [0.15, 0.2) is 0 Å². The van der Waals surface area contributed by atoms with Crippen LogP contribution in [0.2, 0.25) is 0 Å². The summed E-state index contributed by atoms with van der Waals surface area (Å²) in [4.78, 5) is 12.4. The monoisotopic (exact) mass is 254 g/mol. The van der Waals surface area contributed by atoms with E-state index in [0.717, 1.165) is 31.6 Å². The summed E-state index contributed by atoms with van der Waals surface area (Å²) in [6.07, 6.45) is 5.10. The van der Waals surface area contributed by atoms with Crippen LogP contribution in [0.4, 0.5) is 0 Å². The van der Waals surface area contributed by atoms with Gasteiger partial charge in [-0.3, -0.25) is 4.79 Å². The lowest BCUT2D eigenvalue weighted by molar-refractivity contribution is -0.132. The largest absolute Gasteiger partial charge is 0.353 e. The first-order valence-corrected chi connectivity index (χ1v) is 7.50. The number of hydrogen-bond acceptors (Lipinski definition) is 2. The molecule has 1 fully saturated rings. The van der Waals surface area contributed by atoms with Crippen LogP contribution in [-0.4, -0.2) is 18.5 Å². The summed E-state index contributed by atoms with van der Waals surface area (Å²) in [7, 11) is 0. The number of amides is 1. The minimum Gasteiger partial charge on any atom is -0.353 e. The summed E-state index contributed by atoms with van der Waals surface area (Å²) in [5, 5.41) is 3.24. The van der Waals surface area contributed by atoms with Gasteiger partial charge in [-0.15, -0.1) is 0 Å². The summed E-state index contributed by atoms with van der Waals surface area (Å²) in [5.41, 5.74) is 5.47. The van der Waals surface area contributed by atoms with Crippen LogP contribution < -0.4 is 11.1 Å².